The Labute approximate surface area is 156 Å². The number of hydrogen-bond acceptors (Lipinski definition) is 3. The lowest BCUT2D eigenvalue weighted by Gasteiger charge is -2.36. The second kappa shape index (κ2) is 8.67. The van der Waals surface area contributed by atoms with Crippen molar-refractivity contribution >= 4 is 11.8 Å². The van der Waals surface area contributed by atoms with E-state index >= 15 is 0 Å². The van der Waals surface area contributed by atoms with Gasteiger partial charge in [-0.05, 0) is 44.2 Å². The largest absolute Gasteiger partial charge is 0.378 e. The molecule has 1 aromatic rings. The molecule has 0 N–H and O–H groups in total. The molecule has 5 heteroatoms. The van der Waals surface area contributed by atoms with Gasteiger partial charge < -0.3 is 14.5 Å². The van der Waals surface area contributed by atoms with E-state index in [0.717, 1.165) is 25.8 Å². The average Bonchev–Trinajstić information content (AvgIpc) is 2.67. The topological polar surface area (TPSA) is 49.9 Å². The van der Waals surface area contributed by atoms with Crippen LogP contribution in [0, 0.1) is 19.8 Å². The standard InChI is InChI=1S/C21H30N2O3/c1-16-5-6-18(17(2)14-16)7-8-20(24)23-9-3-4-19(15-23)21(25)22-10-12-26-13-11-22/h5-6,14,19H,3-4,7-13,15H2,1-2H3. The van der Waals surface area contributed by atoms with Crippen LogP contribution in [0.2, 0.25) is 0 Å². The second-order valence-electron chi connectivity index (χ2n) is 7.55. The summed E-state index contributed by atoms with van der Waals surface area (Å²) in [5.41, 5.74) is 3.73. The van der Waals surface area contributed by atoms with Crippen molar-refractivity contribution in [3.05, 3.63) is 34.9 Å². The Morgan fingerprint density at radius 1 is 1.12 bits per heavy atom. The van der Waals surface area contributed by atoms with Gasteiger partial charge in [-0.2, -0.15) is 0 Å². The fourth-order valence-corrected chi connectivity index (χ4v) is 3.97. The van der Waals surface area contributed by atoms with Crippen molar-refractivity contribution in [1.29, 1.82) is 0 Å². The van der Waals surface area contributed by atoms with Crippen LogP contribution in [-0.2, 0) is 20.7 Å². The van der Waals surface area contributed by atoms with E-state index < -0.39 is 0 Å². The molecule has 0 bridgehead atoms. The Morgan fingerprint density at radius 2 is 1.88 bits per heavy atom. The van der Waals surface area contributed by atoms with Gasteiger partial charge in [-0.15, -0.1) is 0 Å². The molecule has 2 aliphatic heterocycles. The normalized spacial score (nSPS) is 20.9. The highest BCUT2D eigenvalue weighted by molar-refractivity contribution is 5.81. The summed E-state index contributed by atoms with van der Waals surface area (Å²) < 4.78 is 5.33. The van der Waals surface area contributed by atoms with Crippen molar-refractivity contribution in [3.63, 3.8) is 0 Å². The fraction of sp³-hybridized carbons (Fsp3) is 0.619. The van der Waals surface area contributed by atoms with Crippen LogP contribution in [0.1, 0.15) is 36.0 Å². The van der Waals surface area contributed by atoms with Crippen molar-refractivity contribution in [3.8, 4) is 0 Å². The van der Waals surface area contributed by atoms with Gasteiger partial charge in [0.25, 0.3) is 0 Å². The number of rotatable bonds is 4. The smallest absolute Gasteiger partial charge is 0.227 e. The molecule has 5 nitrogen and oxygen atoms in total. The molecule has 0 saturated carbocycles. The maximum Gasteiger partial charge on any atom is 0.227 e. The highest BCUT2D eigenvalue weighted by Gasteiger charge is 2.31. The molecule has 0 aromatic heterocycles. The molecule has 1 atom stereocenters. The quantitative estimate of drug-likeness (QED) is 0.830. The van der Waals surface area contributed by atoms with Crippen molar-refractivity contribution in [1.82, 2.24) is 9.80 Å². The van der Waals surface area contributed by atoms with E-state index in [1.54, 1.807) is 0 Å². The Hall–Kier alpha value is -1.88. The van der Waals surface area contributed by atoms with Gasteiger partial charge in [-0.1, -0.05) is 23.8 Å². The van der Waals surface area contributed by atoms with E-state index in [4.69, 9.17) is 4.74 Å². The fourth-order valence-electron chi connectivity index (χ4n) is 3.97. The van der Waals surface area contributed by atoms with E-state index in [-0.39, 0.29) is 17.7 Å². The van der Waals surface area contributed by atoms with Gasteiger partial charge >= 0.3 is 0 Å². The van der Waals surface area contributed by atoms with Gasteiger partial charge in [0.2, 0.25) is 11.8 Å². The molecule has 0 aliphatic carbocycles. The number of amides is 2. The highest BCUT2D eigenvalue weighted by Crippen LogP contribution is 2.21. The van der Waals surface area contributed by atoms with Crippen LogP contribution in [0.4, 0.5) is 0 Å². The summed E-state index contributed by atoms with van der Waals surface area (Å²) in [4.78, 5) is 29.2. The molecule has 1 aromatic carbocycles. The average molecular weight is 358 g/mol. The number of benzene rings is 1. The maximum absolute atomic E-state index is 12.7. The Kier molecular flexibility index (Phi) is 6.30. The van der Waals surface area contributed by atoms with Crippen LogP contribution >= 0.6 is 0 Å². The van der Waals surface area contributed by atoms with Gasteiger partial charge in [-0.25, -0.2) is 0 Å². The molecule has 1 unspecified atom stereocenters. The first-order chi connectivity index (χ1) is 12.5. The highest BCUT2D eigenvalue weighted by atomic mass is 16.5. The predicted octanol–water partition coefficient (Wildman–Crippen LogP) is 2.33. The van der Waals surface area contributed by atoms with Crippen LogP contribution in [0.25, 0.3) is 0 Å². The van der Waals surface area contributed by atoms with Gasteiger partial charge in [0.15, 0.2) is 0 Å². The van der Waals surface area contributed by atoms with Gasteiger partial charge in [0.05, 0.1) is 19.1 Å². The van der Waals surface area contributed by atoms with E-state index in [1.807, 2.05) is 9.80 Å². The van der Waals surface area contributed by atoms with Crippen molar-refractivity contribution in [2.24, 2.45) is 5.92 Å². The van der Waals surface area contributed by atoms with Gasteiger partial charge in [0, 0.05) is 32.6 Å². The zero-order chi connectivity index (χ0) is 18.5. The minimum atomic E-state index is -0.0492. The molecular formula is C21H30N2O3. The molecule has 2 aliphatic rings. The maximum atomic E-state index is 12.7. The van der Waals surface area contributed by atoms with Crippen molar-refractivity contribution in [2.45, 2.75) is 39.5 Å². The number of aryl methyl sites for hydroxylation is 3. The summed E-state index contributed by atoms with van der Waals surface area (Å²) in [5, 5.41) is 0. The first-order valence-corrected chi connectivity index (χ1v) is 9.75. The molecule has 2 amide bonds. The molecule has 2 heterocycles. The summed E-state index contributed by atoms with van der Waals surface area (Å²) in [6, 6.07) is 6.39. The molecule has 2 saturated heterocycles. The van der Waals surface area contributed by atoms with E-state index in [9.17, 15) is 9.59 Å². The number of ether oxygens (including phenoxy) is 1. The summed E-state index contributed by atoms with van der Waals surface area (Å²) in [6.45, 7) is 8.13. The first kappa shape index (κ1) is 18.9. The SMILES string of the molecule is Cc1ccc(CCC(=O)N2CCCC(C(=O)N3CCOCC3)C2)c(C)c1. The predicted molar refractivity (Wildman–Crippen MR) is 101 cm³/mol. The summed E-state index contributed by atoms with van der Waals surface area (Å²) in [6.07, 6.45) is 3.08. The summed E-state index contributed by atoms with van der Waals surface area (Å²) >= 11 is 0. The third-order valence-corrected chi connectivity index (χ3v) is 5.55. The number of likely N-dealkylation sites (tertiary alicyclic amines) is 1. The lowest BCUT2D eigenvalue weighted by molar-refractivity contribution is -0.144. The molecule has 142 valence electrons. The summed E-state index contributed by atoms with van der Waals surface area (Å²) in [7, 11) is 0. The van der Waals surface area contributed by atoms with Crippen LogP contribution < -0.4 is 0 Å². The van der Waals surface area contributed by atoms with Crippen LogP contribution in [-0.4, -0.2) is 61.0 Å². The van der Waals surface area contributed by atoms with Crippen molar-refractivity contribution in [2.75, 3.05) is 39.4 Å². The first-order valence-electron chi connectivity index (χ1n) is 9.75. The van der Waals surface area contributed by atoms with Crippen molar-refractivity contribution < 1.29 is 14.3 Å². The Balaban J connectivity index is 1.53. The third-order valence-electron chi connectivity index (χ3n) is 5.55. The lowest BCUT2D eigenvalue weighted by atomic mass is 9.95. The number of morpholine rings is 1. The van der Waals surface area contributed by atoms with E-state index in [1.165, 1.54) is 16.7 Å². The Morgan fingerprint density at radius 3 is 2.62 bits per heavy atom. The van der Waals surface area contributed by atoms with Crippen LogP contribution in [0.3, 0.4) is 0 Å². The molecule has 0 radical (unpaired) electrons. The minimum absolute atomic E-state index is 0.0492. The van der Waals surface area contributed by atoms with E-state index in [2.05, 4.69) is 32.0 Å². The Bertz CT molecular complexity index is 653. The lowest BCUT2D eigenvalue weighted by Crippen LogP contribution is -2.49. The molecule has 26 heavy (non-hydrogen) atoms. The zero-order valence-electron chi connectivity index (χ0n) is 16.0. The molecular weight excluding hydrogens is 328 g/mol. The molecule has 3 rings (SSSR count). The summed E-state index contributed by atoms with van der Waals surface area (Å²) in [5.74, 6) is 0.316. The van der Waals surface area contributed by atoms with Crippen LogP contribution in [0.15, 0.2) is 18.2 Å². The minimum Gasteiger partial charge on any atom is -0.378 e. The zero-order valence-corrected chi connectivity index (χ0v) is 16.0. The monoisotopic (exact) mass is 358 g/mol. The van der Waals surface area contributed by atoms with Gasteiger partial charge in [0.1, 0.15) is 0 Å². The number of hydrogen-bond donors (Lipinski definition) is 0. The second-order valence-corrected chi connectivity index (χ2v) is 7.55. The van der Waals surface area contributed by atoms with E-state index in [0.29, 0.717) is 39.3 Å². The number of nitrogens with zero attached hydrogens (tertiary/aromatic N) is 2. The third kappa shape index (κ3) is 4.64. The molecule has 0 spiro atoms. The number of carbonyl (C=O) groups is 2. The number of piperidine rings is 1. The molecule has 2 fully saturated rings. The van der Waals surface area contributed by atoms with Crippen LogP contribution in [0.5, 0.6) is 0 Å². The number of carbonyl (C=O) groups excluding carboxylic acids is 2. The van der Waals surface area contributed by atoms with Gasteiger partial charge in [-0.3, -0.25) is 9.59 Å².